The Bertz CT molecular complexity index is 853. The summed E-state index contributed by atoms with van der Waals surface area (Å²) < 4.78 is 0. The van der Waals surface area contributed by atoms with E-state index in [0.717, 1.165) is 0 Å². The number of anilines is 2. The normalized spacial score (nSPS) is 12.2. The van der Waals surface area contributed by atoms with Crippen LogP contribution in [0.25, 0.3) is 0 Å². The number of carbonyl (C=O) groups is 2. The Labute approximate surface area is 218 Å². The van der Waals surface area contributed by atoms with E-state index in [1.807, 2.05) is 0 Å². The van der Waals surface area contributed by atoms with Gasteiger partial charge in [0.15, 0.2) is 0 Å². The van der Waals surface area contributed by atoms with Gasteiger partial charge in [-0.3, -0.25) is 0 Å². The van der Waals surface area contributed by atoms with E-state index in [1.165, 1.54) is 12.4 Å². The van der Waals surface area contributed by atoms with Crippen molar-refractivity contribution in [1.82, 2.24) is 9.97 Å². The van der Waals surface area contributed by atoms with Crippen LogP contribution < -0.4 is 11.5 Å². The van der Waals surface area contributed by atoms with Crippen LogP contribution >= 0.6 is 48.0 Å². The van der Waals surface area contributed by atoms with Crippen LogP contribution in [0.2, 0.25) is 20.7 Å². The van der Waals surface area contributed by atoms with Crippen molar-refractivity contribution in [2.75, 3.05) is 11.5 Å². The Morgan fingerprint density at radius 1 is 0.844 bits per heavy atom. The topological polar surface area (TPSA) is 152 Å². The molecule has 6 N–H and O–H groups in total. The van der Waals surface area contributed by atoms with E-state index in [0.29, 0.717) is 44.7 Å². The zero-order valence-corrected chi connectivity index (χ0v) is 23.0. The Morgan fingerprint density at radius 3 is 1.47 bits per heavy atom. The first-order chi connectivity index (χ1) is 14.2. The van der Waals surface area contributed by atoms with E-state index in [2.05, 4.69) is 9.97 Å². The molecule has 2 heterocycles. The van der Waals surface area contributed by atoms with E-state index in [1.54, 1.807) is 12.1 Å². The molecule has 8 nitrogen and oxygen atoms in total. The molecule has 14 heteroatoms. The molecule has 0 saturated heterocycles. The van der Waals surface area contributed by atoms with Crippen molar-refractivity contribution in [3.8, 4) is 0 Å². The molecule has 0 amide bonds. The predicted octanol–water partition coefficient (Wildman–Crippen LogP) is 3.14. The van der Waals surface area contributed by atoms with Crippen LogP contribution in [0.3, 0.4) is 0 Å². The van der Waals surface area contributed by atoms with E-state index >= 15 is 0 Å². The molecule has 0 aliphatic rings. The summed E-state index contributed by atoms with van der Waals surface area (Å²) in [6.45, 7) is 0. The van der Waals surface area contributed by atoms with Crippen molar-refractivity contribution in [3.63, 3.8) is 0 Å². The van der Waals surface area contributed by atoms with Gasteiger partial charge in [-0.25, -0.2) is 0 Å². The van der Waals surface area contributed by atoms with Gasteiger partial charge in [-0.15, -0.1) is 24.8 Å². The summed E-state index contributed by atoms with van der Waals surface area (Å²) in [6.07, 6.45) is 3.67. The third kappa shape index (κ3) is 9.89. The number of nitrogen functional groups attached to an aromatic ring is 2. The number of carboxylic acid groups (broad SMARTS) is 2. The molecule has 0 fully saturated rings. The average Bonchev–Trinajstić information content (AvgIpc) is 2.68. The molecule has 0 saturated carbocycles. The minimum absolute atomic E-state index is 0. The number of rotatable bonds is 11. The average molecular weight is 658 g/mol. The molecule has 0 spiro atoms. The third-order valence-corrected chi connectivity index (χ3v) is 12.1. The summed E-state index contributed by atoms with van der Waals surface area (Å²) in [4.78, 5) is 31.1. The summed E-state index contributed by atoms with van der Waals surface area (Å²) in [5.41, 5.74) is 12.6. The molecule has 0 aliphatic heterocycles. The predicted molar refractivity (Wildman–Crippen MR) is 133 cm³/mol. The number of carboxylic acids is 2. The molecule has 0 aromatic carbocycles. The molecule has 2 unspecified atom stereocenters. The van der Waals surface area contributed by atoms with Crippen LogP contribution in [-0.2, 0) is 22.4 Å². The second kappa shape index (κ2) is 15.0. The van der Waals surface area contributed by atoms with Crippen LogP contribution in [0.1, 0.15) is 11.1 Å². The Kier molecular flexibility index (Phi) is 14.6. The SMILES string of the molecule is Cl.Cl.Nc1ncc(CC(C[Se][Se]CC(Cc2cnc(N)c(Cl)c2)C(=O)O)C(=O)O)cc1Cl. The molecule has 178 valence electrons. The zero-order chi connectivity index (χ0) is 22.3. The number of aromatic nitrogens is 2. The van der Waals surface area contributed by atoms with Gasteiger partial charge in [0.05, 0.1) is 0 Å². The van der Waals surface area contributed by atoms with Gasteiger partial charge in [0, 0.05) is 0 Å². The van der Waals surface area contributed by atoms with Gasteiger partial charge < -0.3 is 0 Å². The van der Waals surface area contributed by atoms with Gasteiger partial charge in [-0.2, -0.15) is 0 Å². The summed E-state index contributed by atoms with van der Waals surface area (Å²) in [7, 11) is 0. The second-order valence-electron chi connectivity index (χ2n) is 6.47. The summed E-state index contributed by atoms with van der Waals surface area (Å²) >= 11 is 12.0. The monoisotopic (exact) mass is 658 g/mol. The molecule has 0 radical (unpaired) electrons. The number of nitrogens with zero attached hydrogens (tertiary/aromatic N) is 2. The molecular formula is C18H22Cl4N4O4Se2. The number of hydrogen-bond acceptors (Lipinski definition) is 6. The van der Waals surface area contributed by atoms with Gasteiger partial charge in [0.2, 0.25) is 0 Å². The van der Waals surface area contributed by atoms with Crippen LogP contribution in [-0.4, -0.2) is 58.4 Å². The number of halogens is 4. The Hall–Kier alpha value is -0.961. The molecule has 0 bridgehead atoms. The quantitative estimate of drug-likeness (QED) is 0.213. The van der Waals surface area contributed by atoms with Gasteiger partial charge in [0.25, 0.3) is 0 Å². The first kappa shape index (κ1) is 31.0. The second-order valence-corrected chi connectivity index (χ2v) is 14.8. The van der Waals surface area contributed by atoms with Crippen LogP contribution in [0.4, 0.5) is 11.6 Å². The van der Waals surface area contributed by atoms with E-state index < -0.39 is 23.8 Å². The zero-order valence-electron chi connectivity index (χ0n) is 16.4. The standard InChI is InChI=1S/C18H20Cl2N4O4Se2.2ClH/c19-13-3-9(5-23-15(13)21)1-11(17(25)26)7-29-30-8-12(18(27)28)2-10-4-14(20)16(22)24-6-10;;/h3-6,11-12H,1-2,7-8H2,(H2,21,23)(H2,22,24)(H,25,26)(H,27,28);2*1H. The van der Waals surface area contributed by atoms with Crippen molar-refractivity contribution in [2.24, 2.45) is 11.8 Å². The molecule has 2 aromatic heterocycles. The fourth-order valence-corrected chi connectivity index (χ4v) is 10.7. The number of hydrogen-bond donors (Lipinski definition) is 4. The Balaban J connectivity index is 0.00000480. The molecule has 0 aliphatic carbocycles. The first-order valence-electron chi connectivity index (χ1n) is 8.67. The van der Waals surface area contributed by atoms with E-state index in [9.17, 15) is 19.8 Å². The molecule has 32 heavy (non-hydrogen) atoms. The maximum absolute atomic E-state index is 11.6. The van der Waals surface area contributed by atoms with Crippen molar-refractivity contribution in [2.45, 2.75) is 23.5 Å². The van der Waals surface area contributed by atoms with Crippen LogP contribution in [0.5, 0.6) is 0 Å². The van der Waals surface area contributed by atoms with Crippen molar-refractivity contribution < 1.29 is 19.8 Å². The van der Waals surface area contributed by atoms with Crippen LogP contribution in [0, 0.1) is 11.8 Å². The number of aliphatic carboxylic acids is 2. The summed E-state index contributed by atoms with van der Waals surface area (Å²) in [6, 6.07) is 3.26. The van der Waals surface area contributed by atoms with Crippen molar-refractivity contribution in [3.05, 3.63) is 45.7 Å². The van der Waals surface area contributed by atoms with Crippen LogP contribution in [0.15, 0.2) is 24.5 Å². The van der Waals surface area contributed by atoms with E-state index in [4.69, 9.17) is 34.7 Å². The number of pyridine rings is 2. The molecule has 2 atom stereocenters. The third-order valence-electron chi connectivity index (χ3n) is 4.14. The number of nitrogens with two attached hydrogens (primary N) is 2. The fourth-order valence-electron chi connectivity index (χ4n) is 2.46. The molecule has 2 rings (SSSR count). The van der Waals surface area contributed by atoms with Gasteiger partial charge in [-0.05, 0) is 0 Å². The van der Waals surface area contributed by atoms with Gasteiger partial charge in [0.1, 0.15) is 0 Å². The molecular weight excluding hydrogens is 636 g/mol. The Morgan fingerprint density at radius 2 is 1.19 bits per heavy atom. The van der Waals surface area contributed by atoms with Crippen molar-refractivity contribution >= 4 is 97.9 Å². The minimum atomic E-state index is -0.891. The fraction of sp³-hybridized carbons (Fsp3) is 0.333. The maximum atomic E-state index is 11.6. The molecule has 2 aromatic rings. The van der Waals surface area contributed by atoms with Gasteiger partial charge >= 0.3 is 195 Å². The van der Waals surface area contributed by atoms with E-state index in [-0.39, 0.29) is 62.7 Å². The summed E-state index contributed by atoms with van der Waals surface area (Å²) in [5.74, 6) is -2.52. The van der Waals surface area contributed by atoms with Gasteiger partial charge in [-0.1, -0.05) is 0 Å². The van der Waals surface area contributed by atoms with Crippen molar-refractivity contribution in [1.29, 1.82) is 0 Å². The summed E-state index contributed by atoms with van der Waals surface area (Å²) in [5, 5.41) is 20.6. The first-order valence-corrected chi connectivity index (χ1v) is 16.2.